The van der Waals surface area contributed by atoms with E-state index in [1.54, 1.807) is 0 Å². The van der Waals surface area contributed by atoms with Gasteiger partial charge in [0.15, 0.2) is 0 Å². The minimum Gasteiger partial charge on any atom is -0.298 e. The number of rotatable bonds is 3. The molecule has 0 saturated carbocycles. The maximum Gasteiger partial charge on any atom is 0.262 e. The van der Waals surface area contributed by atoms with Crippen LogP contribution < -0.4 is 16.8 Å². The van der Waals surface area contributed by atoms with Gasteiger partial charge in [0, 0.05) is 17.8 Å². The van der Waals surface area contributed by atoms with Gasteiger partial charge >= 0.3 is 0 Å². The van der Waals surface area contributed by atoms with E-state index in [9.17, 15) is 9.59 Å². The van der Waals surface area contributed by atoms with Crippen LogP contribution in [0.4, 0.5) is 0 Å². The Morgan fingerprint density at radius 1 is 1.56 bits per heavy atom. The van der Waals surface area contributed by atoms with Gasteiger partial charge in [-0.3, -0.25) is 19.6 Å². The van der Waals surface area contributed by atoms with Crippen LogP contribution in [0.5, 0.6) is 0 Å². The van der Waals surface area contributed by atoms with Crippen molar-refractivity contribution in [3.8, 4) is 0 Å². The van der Waals surface area contributed by atoms with Gasteiger partial charge in [-0.15, -0.1) is 11.3 Å². The molecule has 7 heteroatoms. The molecule has 6 nitrogen and oxygen atoms in total. The number of aromatic nitrogens is 2. The van der Waals surface area contributed by atoms with Crippen molar-refractivity contribution in [1.29, 1.82) is 0 Å². The highest BCUT2D eigenvalue weighted by molar-refractivity contribution is 7.18. The van der Waals surface area contributed by atoms with Gasteiger partial charge in [0.1, 0.15) is 4.83 Å². The number of carbonyl (C=O) groups excluding carboxylic acids is 1. The molecule has 2 heterocycles. The summed E-state index contributed by atoms with van der Waals surface area (Å²) in [5, 5.41) is 0.646. The minimum absolute atomic E-state index is 0.105. The van der Waals surface area contributed by atoms with E-state index in [0.717, 1.165) is 15.3 Å². The van der Waals surface area contributed by atoms with Gasteiger partial charge in [-0.25, -0.2) is 10.8 Å². The predicted molar refractivity (Wildman–Crippen MR) is 70.3 cm³/mol. The molecule has 0 unspecified atom stereocenters. The van der Waals surface area contributed by atoms with E-state index in [2.05, 4.69) is 4.98 Å². The van der Waals surface area contributed by atoms with Crippen LogP contribution in [0, 0.1) is 13.8 Å². The summed E-state index contributed by atoms with van der Waals surface area (Å²) in [6, 6.07) is 0. The second-order valence-corrected chi connectivity index (χ2v) is 5.23. The predicted octanol–water partition coefficient (Wildman–Crippen LogP) is 0.455. The molecule has 96 valence electrons. The molecule has 3 N–H and O–H groups in total. The molecule has 18 heavy (non-hydrogen) atoms. The Hall–Kier alpha value is -1.73. The van der Waals surface area contributed by atoms with Crippen molar-refractivity contribution in [2.45, 2.75) is 26.8 Å². The Morgan fingerprint density at radius 2 is 2.28 bits per heavy atom. The summed E-state index contributed by atoms with van der Waals surface area (Å²) in [5.74, 6) is 4.69. The van der Waals surface area contributed by atoms with Crippen LogP contribution >= 0.6 is 11.3 Å². The third kappa shape index (κ3) is 2.14. The van der Waals surface area contributed by atoms with Gasteiger partial charge in [0.25, 0.3) is 5.56 Å². The van der Waals surface area contributed by atoms with E-state index >= 15 is 0 Å². The molecule has 0 bridgehead atoms. The van der Waals surface area contributed by atoms with E-state index in [1.807, 2.05) is 19.3 Å². The van der Waals surface area contributed by atoms with Crippen LogP contribution in [0.2, 0.25) is 0 Å². The Bertz CT molecular complexity index is 659. The van der Waals surface area contributed by atoms with E-state index < -0.39 is 0 Å². The van der Waals surface area contributed by atoms with Gasteiger partial charge in [0.2, 0.25) is 5.91 Å². The average Bonchev–Trinajstić information content (AvgIpc) is 2.64. The molecule has 0 radical (unpaired) electrons. The molecular formula is C11H14N4O2S. The van der Waals surface area contributed by atoms with Gasteiger partial charge in [-0.2, -0.15) is 0 Å². The summed E-state index contributed by atoms with van der Waals surface area (Å²) < 4.78 is 1.44. The standard InChI is InChI=1S/C11H14N4O2S/c1-6-7(2)18-10-9(6)11(17)15(5-13-10)4-3-8(16)14-12/h5H,3-4,12H2,1-2H3,(H,14,16). The largest absolute Gasteiger partial charge is 0.298 e. The Balaban J connectivity index is 2.42. The highest BCUT2D eigenvalue weighted by Gasteiger charge is 2.12. The maximum absolute atomic E-state index is 12.2. The number of hydrogen-bond donors (Lipinski definition) is 2. The lowest BCUT2D eigenvalue weighted by molar-refractivity contribution is -0.121. The molecule has 0 atom stereocenters. The fraction of sp³-hybridized carbons (Fsp3) is 0.364. The van der Waals surface area contributed by atoms with Gasteiger partial charge in [0.05, 0.1) is 11.7 Å². The van der Waals surface area contributed by atoms with Crippen LogP contribution in [0.25, 0.3) is 10.2 Å². The third-order valence-corrected chi connectivity index (χ3v) is 4.01. The second kappa shape index (κ2) is 4.87. The summed E-state index contributed by atoms with van der Waals surface area (Å²) in [6.45, 7) is 4.15. The fourth-order valence-corrected chi connectivity index (χ4v) is 2.71. The smallest absolute Gasteiger partial charge is 0.262 e. The third-order valence-electron chi connectivity index (χ3n) is 2.90. The number of nitrogens with zero attached hydrogens (tertiary/aromatic N) is 2. The lowest BCUT2D eigenvalue weighted by atomic mass is 10.2. The van der Waals surface area contributed by atoms with Crippen molar-refractivity contribution in [3.63, 3.8) is 0 Å². The van der Waals surface area contributed by atoms with E-state index in [1.165, 1.54) is 22.2 Å². The molecule has 0 aliphatic carbocycles. The number of carbonyl (C=O) groups is 1. The molecule has 2 aromatic rings. The van der Waals surface area contributed by atoms with Crippen molar-refractivity contribution in [2.75, 3.05) is 0 Å². The molecule has 0 spiro atoms. The van der Waals surface area contributed by atoms with Crippen LogP contribution in [-0.4, -0.2) is 15.5 Å². The lowest BCUT2D eigenvalue weighted by Crippen LogP contribution is -2.32. The van der Waals surface area contributed by atoms with Crippen molar-refractivity contribution in [1.82, 2.24) is 15.0 Å². The quantitative estimate of drug-likeness (QED) is 0.479. The SMILES string of the molecule is Cc1sc2ncn(CCC(=O)NN)c(=O)c2c1C. The molecule has 0 saturated heterocycles. The van der Waals surface area contributed by atoms with Crippen LogP contribution in [0.1, 0.15) is 16.9 Å². The zero-order valence-corrected chi connectivity index (χ0v) is 11.0. The number of fused-ring (bicyclic) bond motifs is 1. The first kappa shape index (κ1) is 12.7. The number of thiophene rings is 1. The number of amides is 1. The van der Waals surface area contributed by atoms with Gasteiger partial charge in [-0.05, 0) is 19.4 Å². The Morgan fingerprint density at radius 3 is 2.94 bits per heavy atom. The van der Waals surface area contributed by atoms with Gasteiger partial charge in [-0.1, -0.05) is 0 Å². The molecule has 2 aromatic heterocycles. The van der Waals surface area contributed by atoms with Crippen molar-refractivity contribution in [3.05, 3.63) is 27.1 Å². The van der Waals surface area contributed by atoms with Crippen molar-refractivity contribution in [2.24, 2.45) is 5.84 Å². The number of aryl methyl sites for hydroxylation is 3. The van der Waals surface area contributed by atoms with E-state index in [-0.39, 0.29) is 24.4 Å². The fourth-order valence-electron chi connectivity index (χ4n) is 1.72. The number of nitrogens with two attached hydrogens (primary N) is 1. The highest BCUT2D eigenvalue weighted by Crippen LogP contribution is 2.25. The zero-order chi connectivity index (χ0) is 13.3. The molecular weight excluding hydrogens is 252 g/mol. The molecule has 0 fully saturated rings. The monoisotopic (exact) mass is 266 g/mol. The van der Waals surface area contributed by atoms with E-state index in [4.69, 9.17) is 5.84 Å². The lowest BCUT2D eigenvalue weighted by Gasteiger charge is -2.04. The summed E-state index contributed by atoms with van der Waals surface area (Å²) in [5.41, 5.74) is 2.89. The first-order valence-electron chi connectivity index (χ1n) is 5.49. The molecule has 2 rings (SSSR count). The van der Waals surface area contributed by atoms with Crippen LogP contribution in [-0.2, 0) is 11.3 Å². The normalized spacial score (nSPS) is 10.8. The summed E-state index contributed by atoms with van der Waals surface area (Å²) in [6.07, 6.45) is 1.63. The Kier molecular flexibility index (Phi) is 3.44. The molecule has 1 amide bonds. The van der Waals surface area contributed by atoms with Gasteiger partial charge < -0.3 is 0 Å². The topological polar surface area (TPSA) is 90.0 Å². The van der Waals surface area contributed by atoms with Crippen molar-refractivity contribution < 1.29 is 4.79 Å². The molecule has 0 aromatic carbocycles. The molecule has 0 aliphatic rings. The first-order valence-corrected chi connectivity index (χ1v) is 6.31. The zero-order valence-electron chi connectivity index (χ0n) is 10.2. The van der Waals surface area contributed by atoms with Crippen molar-refractivity contribution >= 4 is 27.5 Å². The maximum atomic E-state index is 12.2. The minimum atomic E-state index is -0.305. The number of hydrogen-bond acceptors (Lipinski definition) is 5. The number of nitrogens with one attached hydrogen (secondary N) is 1. The van der Waals surface area contributed by atoms with Crippen LogP contribution in [0.3, 0.4) is 0 Å². The molecule has 0 aliphatic heterocycles. The second-order valence-electron chi connectivity index (χ2n) is 4.02. The summed E-state index contributed by atoms with van der Waals surface area (Å²) in [4.78, 5) is 29.4. The average molecular weight is 266 g/mol. The van der Waals surface area contributed by atoms with Crippen LogP contribution in [0.15, 0.2) is 11.1 Å². The highest BCUT2D eigenvalue weighted by atomic mass is 32.1. The summed E-state index contributed by atoms with van der Waals surface area (Å²) >= 11 is 1.51. The number of hydrazine groups is 1. The summed E-state index contributed by atoms with van der Waals surface area (Å²) in [7, 11) is 0. The first-order chi connectivity index (χ1) is 8.54. The Labute approximate surface area is 107 Å². The van der Waals surface area contributed by atoms with E-state index in [0.29, 0.717) is 5.39 Å².